The Hall–Kier alpha value is -1.68. The fourth-order valence-corrected chi connectivity index (χ4v) is 2.46. The molecule has 1 rings (SSSR count). The molecular weight excluding hydrogens is 323 g/mol. The molecule has 0 spiro atoms. The van der Waals surface area contributed by atoms with Gasteiger partial charge in [-0.3, -0.25) is 4.79 Å². The maximum Gasteiger partial charge on any atom is 0.433 e. The molecule has 6 nitrogen and oxygen atoms in total. The third-order valence-electron chi connectivity index (χ3n) is 2.83. The largest absolute Gasteiger partial charge is 0.433 e. The maximum absolute atomic E-state index is 12.5. The molecule has 22 heavy (non-hydrogen) atoms. The number of amides is 1. The monoisotopic (exact) mass is 339 g/mol. The Morgan fingerprint density at radius 2 is 1.86 bits per heavy atom. The predicted octanol–water partition coefficient (Wildman–Crippen LogP) is 1.76. The molecule has 0 aliphatic carbocycles. The van der Waals surface area contributed by atoms with Gasteiger partial charge in [-0.25, -0.2) is 18.1 Å². The summed E-state index contributed by atoms with van der Waals surface area (Å²) in [6.45, 7) is 3.92. The predicted molar refractivity (Wildman–Crippen MR) is 74.5 cm³/mol. The molecule has 0 bridgehead atoms. The van der Waals surface area contributed by atoms with Crippen LogP contribution in [0.2, 0.25) is 0 Å². The van der Waals surface area contributed by atoms with Crippen molar-refractivity contribution in [2.45, 2.75) is 31.7 Å². The van der Waals surface area contributed by atoms with E-state index in [4.69, 9.17) is 0 Å². The molecule has 0 radical (unpaired) electrons. The van der Waals surface area contributed by atoms with Crippen molar-refractivity contribution < 1.29 is 26.4 Å². The topological polar surface area (TPSA) is 88.2 Å². The number of carbonyl (C=O) groups excluding carboxylic acids is 1. The van der Waals surface area contributed by atoms with Gasteiger partial charge in [0.15, 0.2) is 4.75 Å². The molecule has 2 N–H and O–H groups in total. The molecule has 0 saturated heterocycles. The Balaban J connectivity index is 3.03. The molecule has 0 aliphatic rings. The molecule has 1 heterocycles. The lowest BCUT2D eigenvalue weighted by atomic mass is 10.2. The summed E-state index contributed by atoms with van der Waals surface area (Å²) in [5.41, 5.74) is -1.18. The Morgan fingerprint density at radius 3 is 2.36 bits per heavy atom. The van der Waals surface area contributed by atoms with Gasteiger partial charge in [0.2, 0.25) is 15.9 Å². The van der Waals surface area contributed by atoms with Crippen LogP contribution in [-0.4, -0.2) is 30.6 Å². The maximum atomic E-state index is 12.5. The Bertz CT molecular complexity index is 657. The summed E-state index contributed by atoms with van der Waals surface area (Å²) >= 11 is 0. The van der Waals surface area contributed by atoms with Gasteiger partial charge in [-0.1, -0.05) is 13.0 Å². The molecule has 124 valence electrons. The molecule has 0 saturated carbocycles. The summed E-state index contributed by atoms with van der Waals surface area (Å²) in [6, 6.07) is 2.95. The van der Waals surface area contributed by atoms with Gasteiger partial charge >= 0.3 is 6.18 Å². The number of pyridine rings is 1. The SMILES string of the molecule is CCNS(=O)(=O)C(C)(C)C(=O)Nc1cccc(C(F)(F)F)n1. The molecule has 0 aromatic carbocycles. The average molecular weight is 339 g/mol. The average Bonchev–Trinajstić information content (AvgIpc) is 2.37. The summed E-state index contributed by atoms with van der Waals surface area (Å²) < 4.78 is 61.8. The van der Waals surface area contributed by atoms with Crippen LogP contribution in [0.3, 0.4) is 0 Å². The van der Waals surface area contributed by atoms with Crippen molar-refractivity contribution in [2.24, 2.45) is 0 Å². The third kappa shape index (κ3) is 3.95. The number of rotatable bonds is 5. The number of aromatic nitrogens is 1. The van der Waals surface area contributed by atoms with Gasteiger partial charge in [-0.2, -0.15) is 13.2 Å². The van der Waals surface area contributed by atoms with E-state index >= 15 is 0 Å². The van der Waals surface area contributed by atoms with E-state index in [9.17, 15) is 26.4 Å². The lowest BCUT2D eigenvalue weighted by Crippen LogP contribution is -2.50. The van der Waals surface area contributed by atoms with Crippen LogP contribution in [0.15, 0.2) is 18.2 Å². The van der Waals surface area contributed by atoms with Crippen LogP contribution >= 0.6 is 0 Å². The molecule has 0 fully saturated rings. The number of carbonyl (C=O) groups is 1. The smallest absolute Gasteiger partial charge is 0.309 e. The third-order valence-corrected chi connectivity index (χ3v) is 5.03. The molecule has 0 atom stereocenters. The van der Waals surface area contributed by atoms with Gasteiger partial charge in [0.25, 0.3) is 0 Å². The first-order valence-electron chi connectivity index (χ1n) is 6.26. The van der Waals surface area contributed by atoms with Crippen molar-refractivity contribution >= 4 is 21.7 Å². The standard InChI is InChI=1S/C12H16F3N3O3S/c1-4-16-22(20,21)11(2,3)10(19)18-9-7-5-6-8(17-9)12(13,14)15/h5-7,16H,4H2,1-3H3,(H,17,18,19). The number of hydrogen-bond acceptors (Lipinski definition) is 4. The number of nitrogens with zero attached hydrogens (tertiary/aromatic N) is 1. The van der Waals surface area contributed by atoms with Crippen LogP contribution in [0.1, 0.15) is 26.5 Å². The van der Waals surface area contributed by atoms with Gasteiger partial charge in [0.1, 0.15) is 11.5 Å². The molecule has 0 unspecified atom stereocenters. The highest BCUT2D eigenvalue weighted by Crippen LogP contribution is 2.28. The van der Waals surface area contributed by atoms with Crippen molar-refractivity contribution in [3.05, 3.63) is 23.9 Å². The van der Waals surface area contributed by atoms with E-state index in [-0.39, 0.29) is 12.4 Å². The van der Waals surface area contributed by atoms with Gasteiger partial charge in [-0.15, -0.1) is 0 Å². The van der Waals surface area contributed by atoms with Crippen LogP contribution in [0.25, 0.3) is 0 Å². The second-order valence-corrected chi connectivity index (χ2v) is 7.19. The highest BCUT2D eigenvalue weighted by atomic mass is 32.2. The number of sulfonamides is 1. The summed E-state index contributed by atoms with van der Waals surface area (Å²) in [7, 11) is -3.98. The summed E-state index contributed by atoms with van der Waals surface area (Å²) in [5, 5.41) is 2.09. The second kappa shape index (κ2) is 6.21. The van der Waals surface area contributed by atoms with E-state index in [0.29, 0.717) is 0 Å². The van der Waals surface area contributed by atoms with Crippen LogP contribution in [0, 0.1) is 0 Å². The minimum absolute atomic E-state index is 0.0842. The number of hydrogen-bond donors (Lipinski definition) is 2. The number of anilines is 1. The fraction of sp³-hybridized carbons (Fsp3) is 0.500. The summed E-state index contributed by atoms with van der Waals surface area (Å²) in [4.78, 5) is 15.3. The minimum atomic E-state index is -4.66. The van der Waals surface area contributed by atoms with E-state index in [0.717, 1.165) is 32.0 Å². The minimum Gasteiger partial charge on any atom is -0.309 e. The van der Waals surface area contributed by atoms with Crippen molar-refractivity contribution in [1.82, 2.24) is 9.71 Å². The summed E-state index contributed by atoms with van der Waals surface area (Å²) in [5.74, 6) is -1.36. The molecule has 1 aromatic heterocycles. The quantitative estimate of drug-likeness (QED) is 0.855. The Kier molecular flexibility index (Phi) is 5.18. The first kappa shape index (κ1) is 18.4. The van der Waals surface area contributed by atoms with Crippen LogP contribution in [-0.2, 0) is 21.0 Å². The number of alkyl halides is 3. The first-order valence-corrected chi connectivity index (χ1v) is 7.75. The second-order valence-electron chi connectivity index (χ2n) is 4.87. The number of halogens is 3. The van der Waals surface area contributed by atoms with Crippen molar-refractivity contribution in [1.29, 1.82) is 0 Å². The first-order chi connectivity index (χ1) is 9.91. The van der Waals surface area contributed by atoms with Crippen LogP contribution in [0.4, 0.5) is 19.0 Å². The highest BCUT2D eigenvalue weighted by molar-refractivity contribution is 7.91. The Morgan fingerprint density at radius 1 is 1.27 bits per heavy atom. The fourth-order valence-electron chi connectivity index (χ4n) is 1.42. The summed E-state index contributed by atoms with van der Waals surface area (Å²) in [6.07, 6.45) is -4.66. The van der Waals surface area contributed by atoms with E-state index in [2.05, 4.69) is 15.0 Å². The molecule has 1 amide bonds. The molecule has 10 heteroatoms. The van der Waals surface area contributed by atoms with Gasteiger partial charge in [0.05, 0.1) is 0 Å². The van der Waals surface area contributed by atoms with E-state index < -0.39 is 32.5 Å². The lowest BCUT2D eigenvalue weighted by molar-refractivity contribution is -0.141. The zero-order chi connectivity index (χ0) is 17.2. The van der Waals surface area contributed by atoms with Crippen LogP contribution < -0.4 is 10.0 Å². The van der Waals surface area contributed by atoms with Crippen LogP contribution in [0.5, 0.6) is 0 Å². The van der Waals surface area contributed by atoms with E-state index in [1.54, 1.807) is 6.92 Å². The van der Waals surface area contributed by atoms with Crippen molar-refractivity contribution in [3.8, 4) is 0 Å². The van der Waals surface area contributed by atoms with Crippen molar-refractivity contribution in [3.63, 3.8) is 0 Å². The Labute approximate surface area is 126 Å². The zero-order valence-corrected chi connectivity index (χ0v) is 13.0. The zero-order valence-electron chi connectivity index (χ0n) is 12.2. The van der Waals surface area contributed by atoms with Gasteiger partial charge < -0.3 is 5.32 Å². The van der Waals surface area contributed by atoms with E-state index in [1.165, 1.54) is 0 Å². The van der Waals surface area contributed by atoms with Gasteiger partial charge in [-0.05, 0) is 26.0 Å². The molecule has 1 aromatic rings. The highest BCUT2D eigenvalue weighted by Gasteiger charge is 2.41. The lowest BCUT2D eigenvalue weighted by Gasteiger charge is -2.23. The normalized spacial score (nSPS) is 13.0. The molecular formula is C12H16F3N3O3S. The van der Waals surface area contributed by atoms with E-state index in [1.807, 2.05) is 0 Å². The van der Waals surface area contributed by atoms with Gasteiger partial charge in [0, 0.05) is 6.54 Å². The number of nitrogens with one attached hydrogen (secondary N) is 2. The van der Waals surface area contributed by atoms with Crippen molar-refractivity contribution in [2.75, 3.05) is 11.9 Å². The molecule has 0 aliphatic heterocycles.